The summed E-state index contributed by atoms with van der Waals surface area (Å²) >= 11 is 0. The maximum atomic E-state index is 12.0. The number of hydrogen-bond donors (Lipinski definition) is 3. The molecule has 0 aliphatic heterocycles. The molecule has 4 N–H and O–H groups in total. The van der Waals surface area contributed by atoms with E-state index in [0.717, 1.165) is 5.56 Å². The van der Waals surface area contributed by atoms with Crippen LogP contribution in [0.2, 0.25) is 0 Å². The highest BCUT2D eigenvalue weighted by Crippen LogP contribution is 2.06. The summed E-state index contributed by atoms with van der Waals surface area (Å²) in [5, 5.41) is 2.38. The Kier molecular flexibility index (Phi) is 7.02. The van der Waals surface area contributed by atoms with Crippen molar-refractivity contribution in [2.45, 2.75) is 17.4 Å². The van der Waals surface area contributed by atoms with Gasteiger partial charge in [0, 0.05) is 13.1 Å². The van der Waals surface area contributed by atoms with Gasteiger partial charge in [0.05, 0.1) is 10.9 Å². The predicted molar refractivity (Wildman–Crippen MR) is 97.8 cm³/mol. The molecule has 0 aliphatic rings. The van der Waals surface area contributed by atoms with Gasteiger partial charge in [-0.25, -0.2) is 13.1 Å². The van der Waals surface area contributed by atoms with Crippen LogP contribution in [-0.4, -0.2) is 39.2 Å². The van der Waals surface area contributed by atoms with Crippen molar-refractivity contribution in [1.82, 2.24) is 10.0 Å². The Morgan fingerprint density at radius 2 is 1.50 bits per heavy atom. The first-order valence-electron chi connectivity index (χ1n) is 8.06. The molecule has 0 aromatic heterocycles. The molecule has 0 saturated heterocycles. The first-order valence-corrected chi connectivity index (χ1v) is 9.55. The second kappa shape index (κ2) is 9.23. The molecule has 7 nitrogen and oxygen atoms in total. The average Bonchev–Trinajstić information content (AvgIpc) is 2.66. The third-order valence-corrected chi connectivity index (χ3v) is 5.09. The van der Waals surface area contributed by atoms with E-state index in [4.69, 9.17) is 5.73 Å². The van der Waals surface area contributed by atoms with Crippen LogP contribution in [0.25, 0.3) is 0 Å². The summed E-state index contributed by atoms with van der Waals surface area (Å²) in [5.74, 6) is -1.56. The molecule has 2 aromatic carbocycles. The van der Waals surface area contributed by atoms with E-state index in [1.165, 1.54) is 12.1 Å². The normalized spacial score (nSPS) is 12.3. The third-order valence-electron chi connectivity index (χ3n) is 3.62. The summed E-state index contributed by atoms with van der Waals surface area (Å²) in [5.41, 5.74) is 6.64. The Labute approximate surface area is 152 Å². The first-order chi connectivity index (χ1) is 12.4. The lowest BCUT2D eigenvalue weighted by molar-refractivity contribution is -0.138. The van der Waals surface area contributed by atoms with Crippen LogP contribution < -0.4 is 15.8 Å². The number of nitrogens with two attached hydrogens (primary N) is 1. The van der Waals surface area contributed by atoms with Gasteiger partial charge in [-0.05, 0) is 24.1 Å². The van der Waals surface area contributed by atoms with Gasteiger partial charge in [0.25, 0.3) is 5.91 Å². The highest BCUT2D eigenvalue weighted by atomic mass is 32.2. The first kappa shape index (κ1) is 19.8. The largest absolute Gasteiger partial charge is 0.348 e. The Bertz CT molecular complexity index is 839. The molecule has 0 bridgehead atoms. The van der Waals surface area contributed by atoms with E-state index in [2.05, 4.69) is 10.0 Å². The van der Waals surface area contributed by atoms with Crippen molar-refractivity contribution >= 4 is 21.7 Å². The lowest BCUT2D eigenvalue weighted by Gasteiger charge is -2.11. The van der Waals surface area contributed by atoms with Gasteiger partial charge in [0.15, 0.2) is 0 Å². The summed E-state index contributed by atoms with van der Waals surface area (Å²) in [4.78, 5) is 24.0. The zero-order valence-corrected chi connectivity index (χ0v) is 14.9. The lowest BCUT2D eigenvalue weighted by Crippen LogP contribution is -2.45. The monoisotopic (exact) mass is 375 g/mol. The number of ketones is 1. The third kappa shape index (κ3) is 5.76. The van der Waals surface area contributed by atoms with Crippen molar-refractivity contribution in [2.24, 2.45) is 5.73 Å². The van der Waals surface area contributed by atoms with Crippen molar-refractivity contribution in [3.63, 3.8) is 0 Å². The molecule has 0 aliphatic carbocycles. The molecule has 0 fully saturated rings. The number of Topliss-reactive ketones (excluding diaryl/α,β-unsaturated/α-hetero) is 1. The van der Waals surface area contributed by atoms with Crippen LogP contribution in [-0.2, 0) is 26.0 Å². The fourth-order valence-corrected chi connectivity index (χ4v) is 3.31. The standard InChI is InChI=1S/C18H21N3O4S/c19-16(13-14-7-3-1-4-8-14)17(22)18(23)20-11-12-21-26(24,25)15-9-5-2-6-10-15/h1-10,16,21H,11-13,19H2,(H,20,23)/t16-/m0/s1. The summed E-state index contributed by atoms with van der Waals surface area (Å²) in [6, 6.07) is 16.1. The lowest BCUT2D eigenvalue weighted by atomic mass is 10.0. The van der Waals surface area contributed by atoms with Gasteiger partial charge in [-0.1, -0.05) is 48.5 Å². The van der Waals surface area contributed by atoms with Crippen LogP contribution in [0.15, 0.2) is 65.6 Å². The molecule has 26 heavy (non-hydrogen) atoms. The van der Waals surface area contributed by atoms with Crippen LogP contribution in [0.3, 0.4) is 0 Å². The quantitative estimate of drug-likeness (QED) is 0.428. The summed E-state index contributed by atoms with van der Waals surface area (Å²) in [6.07, 6.45) is 0.258. The smallest absolute Gasteiger partial charge is 0.289 e. The molecule has 0 spiro atoms. The summed E-state index contributed by atoms with van der Waals surface area (Å²) < 4.78 is 26.4. The Morgan fingerprint density at radius 1 is 0.923 bits per heavy atom. The predicted octanol–water partition coefficient (Wildman–Crippen LogP) is 0.220. The Balaban J connectivity index is 1.77. The molecule has 0 unspecified atom stereocenters. The number of carbonyl (C=O) groups is 2. The molecular weight excluding hydrogens is 354 g/mol. The van der Waals surface area contributed by atoms with Crippen molar-refractivity contribution in [3.05, 3.63) is 66.2 Å². The van der Waals surface area contributed by atoms with Crippen LogP contribution >= 0.6 is 0 Å². The second-order valence-electron chi connectivity index (χ2n) is 5.63. The number of carbonyl (C=O) groups excluding carboxylic acids is 2. The minimum Gasteiger partial charge on any atom is -0.348 e. The zero-order chi connectivity index (χ0) is 19.0. The maximum absolute atomic E-state index is 12.0. The van der Waals surface area contributed by atoms with E-state index in [0.29, 0.717) is 0 Å². The van der Waals surface area contributed by atoms with Gasteiger partial charge in [0.1, 0.15) is 0 Å². The molecule has 0 heterocycles. The maximum Gasteiger partial charge on any atom is 0.289 e. The summed E-state index contributed by atoms with van der Waals surface area (Å²) in [7, 11) is -3.65. The molecule has 0 radical (unpaired) electrons. The van der Waals surface area contributed by atoms with Crippen LogP contribution in [0.4, 0.5) is 0 Å². The molecule has 2 aromatic rings. The minimum atomic E-state index is -3.65. The van der Waals surface area contributed by atoms with Gasteiger partial charge in [-0.2, -0.15) is 0 Å². The van der Waals surface area contributed by atoms with E-state index >= 15 is 0 Å². The zero-order valence-electron chi connectivity index (χ0n) is 14.1. The van der Waals surface area contributed by atoms with Gasteiger partial charge < -0.3 is 11.1 Å². The average molecular weight is 375 g/mol. The minimum absolute atomic E-state index is 0.0192. The number of rotatable bonds is 9. The Morgan fingerprint density at radius 3 is 2.12 bits per heavy atom. The fourth-order valence-electron chi connectivity index (χ4n) is 2.26. The van der Waals surface area contributed by atoms with E-state index in [9.17, 15) is 18.0 Å². The van der Waals surface area contributed by atoms with Crippen molar-refractivity contribution in [1.29, 1.82) is 0 Å². The van der Waals surface area contributed by atoms with Crippen molar-refractivity contribution < 1.29 is 18.0 Å². The van der Waals surface area contributed by atoms with Crippen LogP contribution in [0.5, 0.6) is 0 Å². The molecular formula is C18H21N3O4S. The fraction of sp³-hybridized carbons (Fsp3) is 0.222. The molecule has 0 saturated carbocycles. The second-order valence-corrected chi connectivity index (χ2v) is 7.39. The summed E-state index contributed by atoms with van der Waals surface area (Å²) in [6.45, 7) is -0.0567. The van der Waals surface area contributed by atoms with Crippen molar-refractivity contribution in [2.75, 3.05) is 13.1 Å². The number of amides is 1. The molecule has 2 rings (SSSR count). The molecule has 1 amide bonds. The van der Waals surface area contributed by atoms with E-state index in [1.54, 1.807) is 18.2 Å². The van der Waals surface area contributed by atoms with Crippen molar-refractivity contribution in [3.8, 4) is 0 Å². The van der Waals surface area contributed by atoms with E-state index in [-0.39, 0.29) is 24.4 Å². The highest BCUT2D eigenvalue weighted by Gasteiger charge is 2.22. The van der Waals surface area contributed by atoms with Gasteiger partial charge in [0.2, 0.25) is 15.8 Å². The van der Waals surface area contributed by atoms with Crippen LogP contribution in [0.1, 0.15) is 5.56 Å². The topological polar surface area (TPSA) is 118 Å². The number of sulfonamides is 1. The molecule has 1 atom stereocenters. The molecule has 138 valence electrons. The highest BCUT2D eigenvalue weighted by molar-refractivity contribution is 7.89. The van der Waals surface area contributed by atoms with Crippen LogP contribution in [0, 0.1) is 0 Å². The number of benzene rings is 2. The molecule has 8 heteroatoms. The number of hydrogen-bond acceptors (Lipinski definition) is 5. The Hall–Kier alpha value is -2.55. The van der Waals surface area contributed by atoms with Gasteiger partial charge in [-0.15, -0.1) is 0 Å². The SMILES string of the molecule is N[C@@H](Cc1ccccc1)C(=O)C(=O)NCCNS(=O)(=O)c1ccccc1. The van der Waals surface area contributed by atoms with Gasteiger partial charge >= 0.3 is 0 Å². The number of nitrogens with one attached hydrogen (secondary N) is 2. The van der Waals surface area contributed by atoms with E-state index in [1.807, 2.05) is 30.3 Å². The van der Waals surface area contributed by atoms with E-state index < -0.39 is 27.8 Å². The van der Waals surface area contributed by atoms with Gasteiger partial charge in [-0.3, -0.25) is 9.59 Å².